The SMILES string of the molecule is CC(C)(C)OC(=O)N=S(=O)(c1ccc(C(=O)Nc2cc(-c3cccs3)ccc2NC(=O)OC(C)(C)C)cc1)C1CC1. The van der Waals surface area contributed by atoms with Crippen LogP contribution in [-0.2, 0) is 19.2 Å². The largest absolute Gasteiger partial charge is 0.444 e. The third-order valence-corrected chi connectivity index (χ3v) is 9.41. The quantitative estimate of drug-likeness (QED) is 0.297. The highest BCUT2D eigenvalue weighted by Gasteiger charge is 2.36. The average molecular weight is 598 g/mol. The molecule has 0 aliphatic heterocycles. The number of rotatable bonds is 6. The van der Waals surface area contributed by atoms with Crippen LogP contribution in [0, 0.1) is 0 Å². The number of ether oxygens (including phenoxy) is 2. The van der Waals surface area contributed by atoms with E-state index in [1.54, 1.807) is 89.3 Å². The first-order valence-electron chi connectivity index (χ1n) is 13.2. The van der Waals surface area contributed by atoms with Gasteiger partial charge in [0.25, 0.3) is 5.91 Å². The van der Waals surface area contributed by atoms with Gasteiger partial charge in [-0.05, 0) is 108 Å². The molecule has 1 aliphatic rings. The van der Waals surface area contributed by atoms with Crippen LogP contribution in [-0.4, -0.2) is 38.8 Å². The molecule has 2 N–H and O–H groups in total. The third kappa shape index (κ3) is 8.17. The van der Waals surface area contributed by atoms with Crippen LogP contribution in [0.25, 0.3) is 10.4 Å². The zero-order valence-corrected chi connectivity index (χ0v) is 25.6. The van der Waals surface area contributed by atoms with Crippen LogP contribution in [0.3, 0.4) is 0 Å². The standard InChI is InChI=1S/C30H35N3O6S2/c1-29(2,3)38-27(35)32-23-16-11-20(25-8-7-17-40-25)18-24(23)31-26(34)19-9-12-21(13-10-19)41(37,22-14-15-22)33-28(36)39-30(4,5)6/h7-13,16-18,22H,14-15H2,1-6H3,(H,31,34)(H,32,35). The Morgan fingerprint density at radius 1 is 0.878 bits per heavy atom. The molecule has 3 aromatic rings. The molecule has 1 heterocycles. The Hall–Kier alpha value is -3.70. The molecule has 1 atom stereocenters. The fourth-order valence-corrected chi connectivity index (χ4v) is 6.78. The van der Waals surface area contributed by atoms with E-state index in [2.05, 4.69) is 15.0 Å². The molecule has 218 valence electrons. The fraction of sp³-hybridized carbons (Fsp3) is 0.367. The van der Waals surface area contributed by atoms with Crippen molar-refractivity contribution in [1.82, 2.24) is 0 Å². The maximum atomic E-state index is 13.8. The van der Waals surface area contributed by atoms with Crippen molar-refractivity contribution in [2.45, 2.75) is 75.7 Å². The van der Waals surface area contributed by atoms with Gasteiger partial charge in [0.15, 0.2) is 0 Å². The molecule has 11 heteroatoms. The first-order chi connectivity index (χ1) is 19.1. The second-order valence-corrected chi connectivity index (χ2v) is 15.1. The van der Waals surface area contributed by atoms with Crippen LogP contribution in [0.5, 0.6) is 0 Å². The summed E-state index contributed by atoms with van der Waals surface area (Å²) in [6, 6.07) is 15.4. The number of carbonyl (C=O) groups is 3. The van der Waals surface area contributed by atoms with Crippen molar-refractivity contribution >= 4 is 50.5 Å². The minimum atomic E-state index is -3.05. The van der Waals surface area contributed by atoms with Gasteiger partial charge in [-0.25, -0.2) is 13.8 Å². The Balaban J connectivity index is 1.59. The fourth-order valence-electron chi connectivity index (χ4n) is 3.86. The summed E-state index contributed by atoms with van der Waals surface area (Å²) in [7, 11) is -3.05. The molecule has 41 heavy (non-hydrogen) atoms. The van der Waals surface area contributed by atoms with E-state index < -0.39 is 39.0 Å². The van der Waals surface area contributed by atoms with Crippen LogP contribution in [0.15, 0.2) is 69.2 Å². The average Bonchev–Trinajstić information content (AvgIpc) is 3.58. The van der Waals surface area contributed by atoms with Crippen LogP contribution in [0.2, 0.25) is 0 Å². The van der Waals surface area contributed by atoms with Crippen molar-refractivity contribution in [2.24, 2.45) is 4.36 Å². The number of anilines is 2. The molecule has 0 saturated heterocycles. The highest BCUT2D eigenvalue weighted by molar-refractivity contribution is 7.94. The van der Waals surface area contributed by atoms with Crippen molar-refractivity contribution < 1.29 is 28.1 Å². The van der Waals surface area contributed by atoms with Crippen molar-refractivity contribution in [1.29, 1.82) is 0 Å². The van der Waals surface area contributed by atoms with Gasteiger partial charge in [-0.1, -0.05) is 12.1 Å². The second-order valence-electron chi connectivity index (χ2n) is 11.7. The van der Waals surface area contributed by atoms with Crippen LogP contribution in [0.4, 0.5) is 21.0 Å². The number of thiophene rings is 1. The van der Waals surface area contributed by atoms with Gasteiger partial charge in [0.1, 0.15) is 11.2 Å². The number of carbonyl (C=O) groups excluding carboxylic acids is 3. The number of hydrogen-bond donors (Lipinski definition) is 2. The normalized spacial score (nSPS) is 14.9. The molecule has 1 fully saturated rings. The lowest BCUT2D eigenvalue weighted by molar-refractivity contribution is 0.0603. The molecule has 1 aliphatic carbocycles. The van der Waals surface area contributed by atoms with E-state index in [9.17, 15) is 18.6 Å². The lowest BCUT2D eigenvalue weighted by atomic mass is 10.1. The van der Waals surface area contributed by atoms with Crippen molar-refractivity contribution in [3.63, 3.8) is 0 Å². The predicted octanol–water partition coefficient (Wildman–Crippen LogP) is 7.94. The Labute approximate surface area is 244 Å². The number of hydrogen-bond acceptors (Lipinski definition) is 7. The maximum absolute atomic E-state index is 13.8. The Bertz CT molecular complexity index is 1550. The zero-order chi connectivity index (χ0) is 30.0. The van der Waals surface area contributed by atoms with Crippen molar-refractivity contribution in [3.05, 3.63) is 65.5 Å². The van der Waals surface area contributed by atoms with E-state index in [0.29, 0.717) is 34.7 Å². The molecule has 4 rings (SSSR count). The predicted molar refractivity (Wildman–Crippen MR) is 162 cm³/mol. The number of amides is 3. The molecule has 3 amide bonds. The van der Waals surface area contributed by atoms with Crippen LogP contribution < -0.4 is 10.6 Å². The lowest BCUT2D eigenvalue weighted by Gasteiger charge is -2.21. The van der Waals surface area contributed by atoms with Gasteiger partial charge in [-0.2, -0.15) is 0 Å². The maximum Gasteiger partial charge on any atom is 0.442 e. The molecule has 1 unspecified atom stereocenters. The Kier molecular flexibility index (Phi) is 8.60. The monoisotopic (exact) mass is 597 g/mol. The van der Waals surface area contributed by atoms with Gasteiger partial charge >= 0.3 is 12.2 Å². The van der Waals surface area contributed by atoms with Crippen molar-refractivity contribution in [3.8, 4) is 10.4 Å². The number of benzene rings is 2. The summed E-state index contributed by atoms with van der Waals surface area (Å²) < 4.78 is 28.4. The molecular weight excluding hydrogens is 562 g/mol. The van der Waals surface area contributed by atoms with Crippen LogP contribution in [0.1, 0.15) is 64.7 Å². The second kappa shape index (κ2) is 11.7. The van der Waals surface area contributed by atoms with E-state index in [1.165, 1.54) is 0 Å². The van der Waals surface area contributed by atoms with Gasteiger partial charge in [-0.15, -0.1) is 15.7 Å². The number of nitrogens with zero attached hydrogens (tertiary/aromatic N) is 1. The van der Waals surface area contributed by atoms with Crippen molar-refractivity contribution in [2.75, 3.05) is 10.6 Å². The first-order valence-corrected chi connectivity index (χ1v) is 15.7. The van der Waals surface area contributed by atoms with E-state index in [4.69, 9.17) is 9.47 Å². The molecule has 9 nitrogen and oxygen atoms in total. The topological polar surface area (TPSA) is 123 Å². The van der Waals surface area contributed by atoms with E-state index in [1.807, 2.05) is 23.6 Å². The molecule has 2 aromatic carbocycles. The minimum Gasteiger partial charge on any atom is -0.444 e. The summed E-state index contributed by atoms with van der Waals surface area (Å²) in [6.45, 7) is 10.5. The highest BCUT2D eigenvalue weighted by Crippen LogP contribution is 2.36. The van der Waals surface area contributed by atoms with Crippen LogP contribution >= 0.6 is 11.3 Å². The zero-order valence-electron chi connectivity index (χ0n) is 24.0. The van der Waals surface area contributed by atoms with E-state index in [0.717, 1.165) is 10.4 Å². The van der Waals surface area contributed by atoms with E-state index in [-0.39, 0.29) is 5.25 Å². The molecule has 1 saturated carbocycles. The summed E-state index contributed by atoms with van der Waals surface area (Å²) in [5.74, 6) is -0.436. The van der Waals surface area contributed by atoms with E-state index >= 15 is 0 Å². The smallest absolute Gasteiger partial charge is 0.442 e. The summed E-state index contributed by atoms with van der Waals surface area (Å²) in [6.07, 6.45) is -0.125. The minimum absolute atomic E-state index is 0.240. The first kappa shape index (κ1) is 30.3. The summed E-state index contributed by atoms with van der Waals surface area (Å²) in [5.41, 5.74) is 0.475. The van der Waals surface area contributed by atoms with Gasteiger partial charge < -0.3 is 14.8 Å². The van der Waals surface area contributed by atoms with Gasteiger partial charge in [0, 0.05) is 20.6 Å². The van der Waals surface area contributed by atoms with Gasteiger partial charge in [-0.3, -0.25) is 10.1 Å². The van der Waals surface area contributed by atoms with Gasteiger partial charge in [0.2, 0.25) is 0 Å². The molecule has 1 aromatic heterocycles. The molecule has 0 bridgehead atoms. The lowest BCUT2D eigenvalue weighted by Crippen LogP contribution is -2.27. The third-order valence-electron chi connectivity index (χ3n) is 5.74. The molecule has 0 spiro atoms. The number of nitrogens with one attached hydrogen (secondary N) is 2. The summed E-state index contributed by atoms with van der Waals surface area (Å²) in [4.78, 5) is 39.5. The summed E-state index contributed by atoms with van der Waals surface area (Å²) >= 11 is 1.55. The van der Waals surface area contributed by atoms with Gasteiger partial charge in [0.05, 0.1) is 21.1 Å². The summed E-state index contributed by atoms with van der Waals surface area (Å²) in [5, 5.41) is 7.30. The Morgan fingerprint density at radius 3 is 2.10 bits per heavy atom. The Morgan fingerprint density at radius 2 is 1.54 bits per heavy atom. The highest BCUT2D eigenvalue weighted by atomic mass is 32.2. The molecule has 0 radical (unpaired) electrons. The molecular formula is C30H35N3O6S2.